The average Bonchev–Trinajstić information content (AvgIpc) is 3.38. The van der Waals surface area contributed by atoms with Gasteiger partial charge in [0, 0.05) is 16.9 Å². The molecule has 1 aliphatic carbocycles. The van der Waals surface area contributed by atoms with Crippen molar-refractivity contribution in [3.05, 3.63) is 52.7 Å². The highest BCUT2D eigenvalue weighted by atomic mass is 32.1. The zero-order chi connectivity index (χ0) is 19.0. The van der Waals surface area contributed by atoms with Crippen molar-refractivity contribution in [2.75, 3.05) is 10.6 Å². The number of carbonyl (C=O) groups excluding carboxylic acids is 2. The fraction of sp³-hybridized carbons (Fsp3) is 0.263. The predicted molar refractivity (Wildman–Crippen MR) is 104 cm³/mol. The molecule has 2 heterocycles. The van der Waals surface area contributed by atoms with Gasteiger partial charge in [0.25, 0.3) is 5.91 Å². The summed E-state index contributed by atoms with van der Waals surface area (Å²) in [6.45, 7) is 3.76. The maximum absolute atomic E-state index is 12.7. The van der Waals surface area contributed by atoms with Gasteiger partial charge in [0.15, 0.2) is 5.69 Å². The molecule has 1 fully saturated rings. The lowest BCUT2D eigenvalue weighted by atomic mass is 10.3. The zero-order valence-electron chi connectivity index (χ0n) is 15.0. The van der Waals surface area contributed by atoms with E-state index in [0.717, 1.165) is 29.1 Å². The third kappa shape index (κ3) is 3.61. The van der Waals surface area contributed by atoms with E-state index in [-0.39, 0.29) is 23.4 Å². The topological polar surface area (TPSA) is 88.9 Å². The largest absolute Gasteiger partial charge is 0.318 e. The fourth-order valence-electron chi connectivity index (χ4n) is 2.76. The number of para-hydroxylation sites is 1. The summed E-state index contributed by atoms with van der Waals surface area (Å²) < 4.78 is 5.83. The predicted octanol–water partition coefficient (Wildman–Crippen LogP) is 3.55. The van der Waals surface area contributed by atoms with Crippen LogP contribution < -0.4 is 10.6 Å². The third-order valence-corrected chi connectivity index (χ3v) is 5.26. The third-order valence-electron chi connectivity index (χ3n) is 4.41. The first-order chi connectivity index (χ1) is 13.0. The lowest BCUT2D eigenvalue weighted by Crippen LogP contribution is -2.16. The van der Waals surface area contributed by atoms with Crippen molar-refractivity contribution < 1.29 is 9.59 Å². The summed E-state index contributed by atoms with van der Waals surface area (Å²) in [5.74, 6) is 0.175. The van der Waals surface area contributed by atoms with Crippen LogP contribution in [0, 0.1) is 19.8 Å². The number of hydrogen-bond acceptors (Lipinski definition) is 5. The fourth-order valence-corrected chi connectivity index (χ4v) is 3.42. The number of aryl methyl sites for hydroxylation is 2. The molecule has 2 amide bonds. The first-order valence-electron chi connectivity index (χ1n) is 8.73. The number of hydrogen-bond donors (Lipinski definition) is 2. The Kier molecular flexibility index (Phi) is 4.49. The van der Waals surface area contributed by atoms with E-state index in [0.29, 0.717) is 11.5 Å². The van der Waals surface area contributed by atoms with Crippen LogP contribution in [0.3, 0.4) is 0 Å². The molecule has 8 heteroatoms. The molecule has 3 aromatic rings. The van der Waals surface area contributed by atoms with E-state index >= 15 is 0 Å². The maximum Gasteiger partial charge on any atom is 0.276 e. The molecule has 2 aromatic heterocycles. The lowest BCUT2D eigenvalue weighted by Gasteiger charge is -2.08. The Bertz CT molecular complexity index is 985. The van der Waals surface area contributed by atoms with Crippen LogP contribution in [-0.2, 0) is 4.79 Å². The molecule has 0 saturated heterocycles. The monoisotopic (exact) mass is 381 g/mol. The average molecular weight is 381 g/mol. The molecular formula is C19H19N5O2S. The summed E-state index contributed by atoms with van der Waals surface area (Å²) in [7, 11) is 0. The first-order valence-corrected chi connectivity index (χ1v) is 9.51. The highest BCUT2D eigenvalue weighted by Gasteiger charge is 2.30. The number of nitrogens with zero attached hydrogens (tertiary/aromatic N) is 3. The zero-order valence-corrected chi connectivity index (χ0v) is 15.8. The van der Waals surface area contributed by atoms with Gasteiger partial charge in [0.05, 0.1) is 17.1 Å². The molecule has 138 valence electrons. The van der Waals surface area contributed by atoms with E-state index in [1.165, 1.54) is 11.5 Å². The molecular weight excluding hydrogens is 362 g/mol. The normalized spacial score (nSPS) is 13.4. The quantitative estimate of drug-likeness (QED) is 0.707. The smallest absolute Gasteiger partial charge is 0.276 e. The maximum atomic E-state index is 12.7. The second-order valence-corrected chi connectivity index (χ2v) is 7.56. The van der Waals surface area contributed by atoms with Gasteiger partial charge >= 0.3 is 0 Å². The molecule has 0 aliphatic heterocycles. The molecule has 0 unspecified atom stereocenters. The van der Waals surface area contributed by atoms with Crippen molar-refractivity contribution in [1.82, 2.24) is 14.2 Å². The summed E-state index contributed by atoms with van der Waals surface area (Å²) in [6, 6.07) is 11.0. The lowest BCUT2D eigenvalue weighted by molar-refractivity contribution is -0.117. The van der Waals surface area contributed by atoms with E-state index in [9.17, 15) is 9.59 Å². The molecule has 1 aliphatic rings. The van der Waals surface area contributed by atoms with Crippen molar-refractivity contribution in [2.24, 2.45) is 5.92 Å². The number of benzene rings is 1. The summed E-state index contributed by atoms with van der Waals surface area (Å²) in [4.78, 5) is 25.9. The van der Waals surface area contributed by atoms with Crippen molar-refractivity contribution in [1.29, 1.82) is 0 Å². The standard InChI is InChI=1S/C19H19N5O2S/c1-11-17(12(2)27-23-11)21-19(26)15-10-16(20-18(25)13-8-9-13)24(22-15)14-6-4-3-5-7-14/h3-7,10,13H,8-9H2,1-2H3,(H,20,25)(H,21,26). The Morgan fingerprint density at radius 1 is 1.15 bits per heavy atom. The Balaban J connectivity index is 1.65. The van der Waals surface area contributed by atoms with Gasteiger partial charge in [-0.3, -0.25) is 9.59 Å². The molecule has 1 saturated carbocycles. The van der Waals surface area contributed by atoms with Gasteiger partial charge in [0.1, 0.15) is 5.82 Å². The van der Waals surface area contributed by atoms with Gasteiger partial charge in [0.2, 0.25) is 5.91 Å². The highest BCUT2D eigenvalue weighted by molar-refractivity contribution is 7.06. The van der Waals surface area contributed by atoms with Crippen molar-refractivity contribution in [3.8, 4) is 5.69 Å². The van der Waals surface area contributed by atoms with Gasteiger partial charge in [-0.05, 0) is 50.4 Å². The number of carbonyl (C=O) groups is 2. The Morgan fingerprint density at radius 2 is 1.89 bits per heavy atom. The molecule has 2 N–H and O–H groups in total. The van der Waals surface area contributed by atoms with Crippen LogP contribution in [0.1, 0.15) is 33.9 Å². The van der Waals surface area contributed by atoms with Gasteiger partial charge in [-0.2, -0.15) is 9.47 Å². The van der Waals surface area contributed by atoms with Gasteiger partial charge in [-0.15, -0.1) is 0 Å². The molecule has 0 bridgehead atoms. The Labute approximate surface area is 160 Å². The first kappa shape index (κ1) is 17.4. The van der Waals surface area contributed by atoms with Crippen molar-refractivity contribution in [2.45, 2.75) is 26.7 Å². The molecule has 1 aromatic carbocycles. The van der Waals surface area contributed by atoms with E-state index < -0.39 is 0 Å². The number of rotatable bonds is 5. The molecule has 0 atom stereocenters. The van der Waals surface area contributed by atoms with Crippen LogP contribution in [0.2, 0.25) is 0 Å². The van der Waals surface area contributed by atoms with Gasteiger partial charge in [-0.25, -0.2) is 4.68 Å². The molecule has 7 nitrogen and oxygen atoms in total. The summed E-state index contributed by atoms with van der Waals surface area (Å²) in [6.07, 6.45) is 1.81. The Morgan fingerprint density at radius 3 is 2.52 bits per heavy atom. The van der Waals surface area contributed by atoms with Crippen LogP contribution >= 0.6 is 11.5 Å². The summed E-state index contributed by atoms with van der Waals surface area (Å²) in [5.41, 5.74) is 2.49. The molecule has 4 rings (SSSR count). The molecule has 0 spiro atoms. The van der Waals surface area contributed by atoms with E-state index in [2.05, 4.69) is 20.1 Å². The number of amides is 2. The SMILES string of the molecule is Cc1nsc(C)c1NC(=O)c1cc(NC(=O)C2CC2)n(-c2ccccc2)n1. The summed E-state index contributed by atoms with van der Waals surface area (Å²) >= 11 is 1.34. The Hall–Kier alpha value is -3.00. The van der Waals surface area contributed by atoms with Crippen molar-refractivity contribution in [3.63, 3.8) is 0 Å². The number of anilines is 2. The van der Waals surface area contributed by atoms with Crippen molar-refractivity contribution >= 4 is 34.9 Å². The van der Waals surface area contributed by atoms with Crippen LogP contribution in [0.25, 0.3) is 5.69 Å². The number of aromatic nitrogens is 3. The van der Waals surface area contributed by atoms with Gasteiger partial charge in [-0.1, -0.05) is 18.2 Å². The van der Waals surface area contributed by atoms with E-state index in [1.54, 1.807) is 10.7 Å². The second kappa shape index (κ2) is 6.96. The van der Waals surface area contributed by atoms with Crippen LogP contribution in [0.5, 0.6) is 0 Å². The second-order valence-electron chi connectivity index (χ2n) is 6.58. The minimum atomic E-state index is -0.335. The van der Waals surface area contributed by atoms with Gasteiger partial charge < -0.3 is 10.6 Å². The molecule has 27 heavy (non-hydrogen) atoms. The minimum Gasteiger partial charge on any atom is -0.318 e. The highest BCUT2D eigenvalue weighted by Crippen LogP contribution is 2.31. The van der Waals surface area contributed by atoms with E-state index in [1.807, 2.05) is 44.2 Å². The summed E-state index contributed by atoms with van der Waals surface area (Å²) in [5, 5.41) is 10.2. The van der Waals surface area contributed by atoms with Crippen LogP contribution in [-0.4, -0.2) is 26.0 Å². The van der Waals surface area contributed by atoms with Crippen LogP contribution in [0.15, 0.2) is 36.4 Å². The van der Waals surface area contributed by atoms with E-state index in [4.69, 9.17) is 0 Å². The molecule has 0 radical (unpaired) electrons. The minimum absolute atomic E-state index is 0.0345. The number of nitrogens with one attached hydrogen (secondary N) is 2. The van der Waals surface area contributed by atoms with Crippen LogP contribution in [0.4, 0.5) is 11.5 Å².